The van der Waals surface area contributed by atoms with Gasteiger partial charge < -0.3 is 26.9 Å². The maximum absolute atomic E-state index is 11.6. The van der Waals surface area contributed by atoms with Gasteiger partial charge in [0.05, 0.1) is 5.52 Å². The van der Waals surface area contributed by atoms with Gasteiger partial charge in [-0.1, -0.05) is 24.5 Å². The van der Waals surface area contributed by atoms with Crippen molar-refractivity contribution in [3.63, 3.8) is 0 Å². The van der Waals surface area contributed by atoms with Crippen molar-refractivity contribution < 1.29 is 9.63 Å². The number of primary amides is 1. The van der Waals surface area contributed by atoms with Crippen molar-refractivity contribution in [2.75, 3.05) is 12.4 Å². The molecule has 0 unspecified atom stereocenters. The number of fused-ring (bicyclic) bond motifs is 1. The molecule has 29 heavy (non-hydrogen) atoms. The summed E-state index contributed by atoms with van der Waals surface area (Å²) in [6.45, 7) is 2.00. The highest BCUT2D eigenvalue weighted by molar-refractivity contribution is 5.96. The SMILES string of the molecule is CO/N=C(/N)N[C@@H]1CCCC[C@@H]1Nc1nc(C(N)=O)nc2ccc(C)cc12.Cl.Cl. The number of nitrogens with two attached hydrogens (primary N) is 2. The van der Waals surface area contributed by atoms with Crippen LogP contribution in [-0.2, 0) is 4.84 Å². The summed E-state index contributed by atoms with van der Waals surface area (Å²) >= 11 is 0. The van der Waals surface area contributed by atoms with Crippen molar-refractivity contribution in [2.24, 2.45) is 16.6 Å². The van der Waals surface area contributed by atoms with Gasteiger partial charge in [-0.05, 0) is 37.1 Å². The number of nitrogens with one attached hydrogen (secondary N) is 2. The quantitative estimate of drug-likeness (QED) is 0.314. The second kappa shape index (κ2) is 10.9. The number of hydrogen-bond acceptors (Lipinski definition) is 6. The lowest BCUT2D eigenvalue weighted by atomic mass is 9.90. The van der Waals surface area contributed by atoms with Crippen molar-refractivity contribution in [3.8, 4) is 0 Å². The highest BCUT2D eigenvalue weighted by Gasteiger charge is 2.27. The van der Waals surface area contributed by atoms with Gasteiger partial charge in [-0.25, -0.2) is 9.97 Å². The molecule has 1 aromatic carbocycles. The number of nitrogens with zero attached hydrogens (tertiary/aromatic N) is 3. The number of halogens is 2. The van der Waals surface area contributed by atoms with Gasteiger partial charge in [-0.2, -0.15) is 0 Å². The van der Waals surface area contributed by atoms with Crippen LogP contribution in [0.15, 0.2) is 23.4 Å². The molecule has 1 fully saturated rings. The molecule has 1 aromatic heterocycles. The summed E-state index contributed by atoms with van der Waals surface area (Å²) in [5.41, 5.74) is 13.0. The van der Waals surface area contributed by atoms with Crippen molar-refractivity contribution >= 4 is 53.4 Å². The van der Waals surface area contributed by atoms with Crippen LogP contribution in [0.2, 0.25) is 0 Å². The molecule has 1 saturated carbocycles. The van der Waals surface area contributed by atoms with E-state index in [0.717, 1.165) is 36.6 Å². The van der Waals surface area contributed by atoms with Crippen LogP contribution >= 0.6 is 24.8 Å². The van der Waals surface area contributed by atoms with Crippen LogP contribution in [0.25, 0.3) is 10.9 Å². The average molecular weight is 444 g/mol. The normalized spacial score (nSPS) is 18.9. The van der Waals surface area contributed by atoms with E-state index in [1.54, 1.807) is 0 Å². The van der Waals surface area contributed by atoms with Crippen LogP contribution in [0, 0.1) is 6.92 Å². The smallest absolute Gasteiger partial charge is 0.286 e. The fraction of sp³-hybridized carbons (Fsp3) is 0.444. The zero-order valence-corrected chi connectivity index (χ0v) is 18.0. The Hall–Kier alpha value is -2.52. The van der Waals surface area contributed by atoms with Gasteiger partial charge >= 0.3 is 0 Å². The van der Waals surface area contributed by atoms with Gasteiger partial charge in [0.25, 0.3) is 5.91 Å². The average Bonchev–Trinajstić information content (AvgIpc) is 2.63. The van der Waals surface area contributed by atoms with Gasteiger partial charge in [0, 0.05) is 17.5 Å². The lowest BCUT2D eigenvalue weighted by molar-refractivity contribution is 0.0991. The van der Waals surface area contributed by atoms with Crippen molar-refractivity contribution in [2.45, 2.75) is 44.7 Å². The summed E-state index contributed by atoms with van der Waals surface area (Å²) in [4.78, 5) is 25.0. The molecule has 160 valence electrons. The summed E-state index contributed by atoms with van der Waals surface area (Å²) in [6, 6.07) is 5.92. The Bertz CT molecular complexity index is 879. The summed E-state index contributed by atoms with van der Waals surface area (Å²) in [6.07, 6.45) is 4.04. The molecule has 1 aliphatic rings. The first-order chi connectivity index (χ1) is 13.0. The van der Waals surface area contributed by atoms with E-state index < -0.39 is 5.91 Å². The third-order valence-corrected chi connectivity index (χ3v) is 4.68. The third-order valence-electron chi connectivity index (χ3n) is 4.68. The lowest BCUT2D eigenvalue weighted by Crippen LogP contribution is -2.51. The Balaban J connectivity index is 0.00000210. The maximum atomic E-state index is 11.6. The minimum Gasteiger partial charge on any atom is -0.396 e. The van der Waals surface area contributed by atoms with Crippen LogP contribution < -0.4 is 22.1 Å². The first-order valence-corrected chi connectivity index (χ1v) is 8.96. The maximum Gasteiger partial charge on any atom is 0.286 e. The number of anilines is 1. The van der Waals surface area contributed by atoms with Gasteiger partial charge in [0.15, 0.2) is 0 Å². The van der Waals surface area contributed by atoms with E-state index >= 15 is 0 Å². The third kappa shape index (κ3) is 5.98. The molecule has 0 bridgehead atoms. The number of carbonyl (C=O) groups excluding carboxylic acids is 1. The molecule has 0 aliphatic heterocycles. The van der Waals surface area contributed by atoms with E-state index in [1.807, 2.05) is 25.1 Å². The zero-order chi connectivity index (χ0) is 19.4. The first-order valence-electron chi connectivity index (χ1n) is 8.96. The van der Waals surface area contributed by atoms with Crippen molar-refractivity contribution in [3.05, 3.63) is 29.6 Å². The molecule has 2 aromatic rings. The Kier molecular flexibility index (Phi) is 9.19. The molecule has 1 heterocycles. The Morgan fingerprint density at radius 1 is 1.17 bits per heavy atom. The minimum atomic E-state index is -0.657. The monoisotopic (exact) mass is 443 g/mol. The van der Waals surface area contributed by atoms with E-state index in [-0.39, 0.29) is 48.7 Å². The summed E-state index contributed by atoms with van der Waals surface area (Å²) in [5, 5.41) is 11.2. The number of oxime groups is 1. The van der Waals surface area contributed by atoms with E-state index in [0.29, 0.717) is 11.3 Å². The Labute approximate surface area is 181 Å². The molecule has 2 atom stereocenters. The second-order valence-electron chi connectivity index (χ2n) is 6.73. The number of aromatic nitrogens is 2. The summed E-state index contributed by atoms with van der Waals surface area (Å²) < 4.78 is 0. The second-order valence-corrected chi connectivity index (χ2v) is 6.73. The van der Waals surface area contributed by atoms with Crippen LogP contribution in [0.5, 0.6) is 0 Å². The van der Waals surface area contributed by atoms with Gasteiger partial charge in [-0.15, -0.1) is 24.8 Å². The number of guanidine groups is 1. The molecule has 3 rings (SSSR count). The predicted molar refractivity (Wildman–Crippen MR) is 119 cm³/mol. The topological polar surface area (TPSA) is 141 Å². The molecule has 0 spiro atoms. The molecule has 0 radical (unpaired) electrons. The summed E-state index contributed by atoms with van der Waals surface area (Å²) in [5.74, 6) is 0.167. The van der Waals surface area contributed by atoms with Gasteiger partial charge in [-0.3, -0.25) is 4.79 Å². The van der Waals surface area contributed by atoms with Crippen LogP contribution in [0.1, 0.15) is 41.9 Å². The van der Waals surface area contributed by atoms with Crippen molar-refractivity contribution in [1.29, 1.82) is 0 Å². The number of benzene rings is 1. The molecule has 11 heteroatoms. The number of amides is 1. The van der Waals surface area contributed by atoms with E-state index in [2.05, 4.69) is 25.8 Å². The molecule has 1 aliphatic carbocycles. The minimum absolute atomic E-state index is 0. The molecular weight excluding hydrogens is 417 g/mol. The fourth-order valence-corrected chi connectivity index (χ4v) is 3.43. The molecular formula is C18H27Cl2N7O2. The fourth-order valence-electron chi connectivity index (χ4n) is 3.43. The van der Waals surface area contributed by atoms with E-state index in [1.165, 1.54) is 7.11 Å². The number of rotatable bonds is 5. The van der Waals surface area contributed by atoms with Gasteiger partial charge in [0.2, 0.25) is 11.8 Å². The zero-order valence-electron chi connectivity index (χ0n) is 16.3. The highest BCUT2D eigenvalue weighted by atomic mass is 35.5. The van der Waals surface area contributed by atoms with Crippen LogP contribution in [0.3, 0.4) is 0 Å². The number of carbonyl (C=O) groups is 1. The first kappa shape index (κ1) is 24.5. The Morgan fingerprint density at radius 3 is 2.52 bits per heavy atom. The molecule has 9 nitrogen and oxygen atoms in total. The summed E-state index contributed by atoms with van der Waals surface area (Å²) in [7, 11) is 1.45. The lowest BCUT2D eigenvalue weighted by Gasteiger charge is -2.33. The van der Waals surface area contributed by atoms with Gasteiger partial charge in [0.1, 0.15) is 12.9 Å². The standard InChI is InChI=1S/C18H25N7O2.2ClH/c1-10-7-8-12-11(9-10)16(24-17(21-12)15(19)26)22-13-5-3-4-6-14(13)23-18(20)25-27-2;;/h7-9,13-14H,3-6H2,1-2H3,(H2,19,26)(H3,20,23,25)(H,21,22,24);2*1H/t13-,14+;;/m0../s1. The number of hydrogen-bond donors (Lipinski definition) is 4. The Morgan fingerprint density at radius 2 is 1.86 bits per heavy atom. The van der Waals surface area contributed by atoms with E-state index in [4.69, 9.17) is 16.3 Å². The van der Waals surface area contributed by atoms with Crippen LogP contribution in [0.4, 0.5) is 5.82 Å². The van der Waals surface area contributed by atoms with Crippen molar-refractivity contribution in [1.82, 2.24) is 15.3 Å². The van der Waals surface area contributed by atoms with Crippen LogP contribution in [-0.4, -0.2) is 41.0 Å². The molecule has 6 N–H and O–H groups in total. The predicted octanol–water partition coefficient (Wildman–Crippen LogP) is 2.07. The van der Waals surface area contributed by atoms with E-state index in [9.17, 15) is 4.79 Å². The largest absolute Gasteiger partial charge is 0.396 e. The highest BCUT2D eigenvalue weighted by Crippen LogP contribution is 2.26. The molecule has 1 amide bonds. The molecule has 0 saturated heterocycles. The number of aryl methyl sites for hydroxylation is 1.